The van der Waals surface area contributed by atoms with Crippen molar-refractivity contribution in [2.45, 2.75) is 37.6 Å². The number of halogens is 1. The number of nitrogen functional groups attached to an aromatic ring is 1. The lowest BCUT2D eigenvalue weighted by atomic mass is 10.2. The summed E-state index contributed by atoms with van der Waals surface area (Å²) in [5, 5.41) is 3.58. The second kappa shape index (κ2) is 7.54. The first-order chi connectivity index (χ1) is 8.52. The number of thioether (sulfide) groups is 1. The average molecular weight is 287 g/mol. The third-order valence-corrected chi connectivity index (χ3v) is 3.94. The zero-order valence-electron chi connectivity index (χ0n) is 10.7. The molecule has 1 unspecified atom stereocenters. The van der Waals surface area contributed by atoms with E-state index in [2.05, 4.69) is 12.2 Å². The Bertz CT molecular complexity index is 412. The van der Waals surface area contributed by atoms with Crippen molar-refractivity contribution >= 4 is 35.0 Å². The molecule has 0 aliphatic heterocycles. The van der Waals surface area contributed by atoms with Gasteiger partial charge >= 0.3 is 0 Å². The lowest BCUT2D eigenvalue weighted by Crippen LogP contribution is -2.33. The SMILES string of the molecule is CCCC(C)NC(=O)CSc1cc(N)ccc1Cl. The summed E-state index contributed by atoms with van der Waals surface area (Å²) in [5.74, 6) is 0.386. The lowest BCUT2D eigenvalue weighted by Gasteiger charge is -2.12. The number of hydrogen-bond donors (Lipinski definition) is 2. The number of carbonyl (C=O) groups is 1. The fraction of sp³-hybridized carbons (Fsp3) is 0.462. The van der Waals surface area contributed by atoms with Crippen molar-refractivity contribution in [1.82, 2.24) is 5.32 Å². The van der Waals surface area contributed by atoms with Gasteiger partial charge in [0.25, 0.3) is 0 Å². The second-order valence-corrected chi connectivity index (χ2v) is 5.66. The normalized spacial score (nSPS) is 12.2. The van der Waals surface area contributed by atoms with Gasteiger partial charge in [-0.25, -0.2) is 0 Å². The molecule has 5 heteroatoms. The molecule has 1 aromatic carbocycles. The Hall–Kier alpha value is -0.870. The molecular formula is C13H19ClN2OS. The van der Waals surface area contributed by atoms with Crippen molar-refractivity contribution in [1.29, 1.82) is 0 Å². The van der Waals surface area contributed by atoms with Crippen molar-refractivity contribution in [3.63, 3.8) is 0 Å². The maximum atomic E-state index is 11.7. The smallest absolute Gasteiger partial charge is 0.230 e. The topological polar surface area (TPSA) is 55.1 Å². The molecule has 0 radical (unpaired) electrons. The second-order valence-electron chi connectivity index (χ2n) is 4.24. The van der Waals surface area contributed by atoms with E-state index in [9.17, 15) is 4.79 Å². The van der Waals surface area contributed by atoms with Crippen LogP contribution in [0, 0.1) is 0 Å². The number of carbonyl (C=O) groups excluding carboxylic acids is 1. The molecule has 0 spiro atoms. The minimum absolute atomic E-state index is 0.0273. The summed E-state index contributed by atoms with van der Waals surface area (Å²) in [7, 11) is 0. The van der Waals surface area contributed by atoms with Crippen molar-refractivity contribution in [2.24, 2.45) is 0 Å². The van der Waals surface area contributed by atoms with Crippen LogP contribution >= 0.6 is 23.4 Å². The zero-order chi connectivity index (χ0) is 13.5. The van der Waals surface area contributed by atoms with Crippen molar-refractivity contribution < 1.29 is 4.79 Å². The summed E-state index contributed by atoms with van der Waals surface area (Å²) in [6, 6.07) is 5.50. The highest BCUT2D eigenvalue weighted by Crippen LogP contribution is 2.28. The van der Waals surface area contributed by atoms with Crippen LogP contribution in [0.4, 0.5) is 5.69 Å². The number of rotatable bonds is 6. The number of amides is 1. The van der Waals surface area contributed by atoms with Crippen molar-refractivity contribution in [2.75, 3.05) is 11.5 Å². The molecule has 0 aliphatic rings. The number of nitrogens with one attached hydrogen (secondary N) is 1. The van der Waals surface area contributed by atoms with Crippen LogP contribution in [0.25, 0.3) is 0 Å². The van der Waals surface area contributed by atoms with Crippen LogP contribution in [0.1, 0.15) is 26.7 Å². The average Bonchev–Trinajstić information content (AvgIpc) is 2.30. The van der Waals surface area contributed by atoms with Crippen LogP contribution in [0.3, 0.4) is 0 Å². The van der Waals surface area contributed by atoms with Gasteiger partial charge in [0.05, 0.1) is 10.8 Å². The summed E-state index contributed by atoms with van der Waals surface area (Å²) in [4.78, 5) is 12.5. The summed E-state index contributed by atoms with van der Waals surface area (Å²) < 4.78 is 0. The van der Waals surface area contributed by atoms with Gasteiger partial charge in [-0.05, 0) is 31.5 Å². The molecule has 0 bridgehead atoms. The molecular weight excluding hydrogens is 268 g/mol. The molecule has 0 saturated heterocycles. The molecule has 0 saturated carbocycles. The van der Waals surface area contributed by atoms with Crippen LogP contribution in [0.2, 0.25) is 5.02 Å². The van der Waals surface area contributed by atoms with E-state index < -0.39 is 0 Å². The van der Waals surface area contributed by atoms with Gasteiger partial charge in [0.15, 0.2) is 0 Å². The molecule has 1 aromatic rings. The first kappa shape index (κ1) is 15.2. The van der Waals surface area contributed by atoms with Gasteiger partial charge in [-0.1, -0.05) is 24.9 Å². The largest absolute Gasteiger partial charge is 0.399 e. The number of benzene rings is 1. The first-order valence-electron chi connectivity index (χ1n) is 6.00. The van der Waals surface area contributed by atoms with Gasteiger partial charge in [-0.3, -0.25) is 4.79 Å². The van der Waals surface area contributed by atoms with Crippen molar-refractivity contribution in [3.05, 3.63) is 23.2 Å². The van der Waals surface area contributed by atoms with E-state index in [1.807, 2.05) is 6.92 Å². The van der Waals surface area contributed by atoms with E-state index >= 15 is 0 Å². The Labute approximate surface area is 117 Å². The highest BCUT2D eigenvalue weighted by molar-refractivity contribution is 8.00. The predicted octanol–water partition coefficient (Wildman–Crippen LogP) is 3.32. The highest BCUT2D eigenvalue weighted by atomic mass is 35.5. The molecule has 0 fully saturated rings. The van der Waals surface area contributed by atoms with E-state index in [1.54, 1.807) is 18.2 Å². The van der Waals surface area contributed by atoms with Gasteiger partial charge in [0.1, 0.15) is 0 Å². The molecule has 3 nitrogen and oxygen atoms in total. The minimum atomic E-state index is 0.0273. The van der Waals surface area contributed by atoms with Gasteiger partial charge in [0.2, 0.25) is 5.91 Å². The fourth-order valence-corrected chi connectivity index (χ4v) is 2.67. The maximum absolute atomic E-state index is 11.7. The molecule has 1 amide bonds. The van der Waals surface area contributed by atoms with Gasteiger partial charge in [-0.2, -0.15) is 0 Å². The van der Waals surface area contributed by atoms with Crippen LogP contribution in [0.15, 0.2) is 23.1 Å². The fourth-order valence-electron chi connectivity index (χ4n) is 1.60. The summed E-state index contributed by atoms with van der Waals surface area (Å²) >= 11 is 7.43. The van der Waals surface area contributed by atoms with Crippen LogP contribution < -0.4 is 11.1 Å². The van der Waals surface area contributed by atoms with Crippen LogP contribution in [0.5, 0.6) is 0 Å². The van der Waals surface area contributed by atoms with Crippen molar-refractivity contribution in [3.8, 4) is 0 Å². The van der Waals surface area contributed by atoms with Gasteiger partial charge in [-0.15, -0.1) is 11.8 Å². The molecule has 0 aromatic heterocycles. The summed E-state index contributed by atoms with van der Waals surface area (Å²) in [6.45, 7) is 4.11. The quantitative estimate of drug-likeness (QED) is 0.623. The third-order valence-electron chi connectivity index (χ3n) is 2.44. The molecule has 0 heterocycles. The van der Waals surface area contributed by atoms with E-state index in [-0.39, 0.29) is 11.9 Å². The molecule has 1 rings (SSSR count). The maximum Gasteiger partial charge on any atom is 0.230 e. The Balaban J connectivity index is 2.45. The van der Waals surface area contributed by atoms with E-state index in [4.69, 9.17) is 17.3 Å². The Morgan fingerprint density at radius 1 is 1.56 bits per heavy atom. The van der Waals surface area contributed by atoms with E-state index in [0.29, 0.717) is 16.5 Å². The first-order valence-corrected chi connectivity index (χ1v) is 7.36. The minimum Gasteiger partial charge on any atom is -0.399 e. The van der Waals surface area contributed by atoms with E-state index in [1.165, 1.54) is 11.8 Å². The van der Waals surface area contributed by atoms with Crippen LogP contribution in [-0.2, 0) is 4.79 Å². The lowest BCUT2D eigenvalue weighted by molar-refractivity contribution is -0.119. The summed E-state index contributed by atoms with van der Waals surface area (Å²) in [5.41, 5.74) is 6.34. The Kier molecular flexibility index (Phi) is 6.36. The highest BCUT2D eigenvalue weighted by Gasteiger charge is 2.08. The molecule has 3 N–H and O–H groups in total. The van der Waals surface area contributed by atoms with Crippen LogP contribution in [-0.4, -0.2) is 17.7 Å². The van der Waals surface area contributed by atoms with Gasteiger partial charge < -0.3 is 11.1 Å². The Morgan fingerprint density at radius 2 is 2.28 bits per heavy atom. The molecule has 18 heavy (non-hydrogen) atoms. The number of hydrogen-bond acceptors (Lipinski definition) is 3. The molecule has 1 atom stereocenters. The zero-order valence-corrected chi connectivity index (χ0v) is 12.3. The summed E-state index contributed by atoms with van der Waals surface area (Å²) in [6.07, 6.45) is 2.06. The molecule has 100 valence electrons. The Morgan fingerprint density at radius 3 is 2.94 bits per heavy atom. The predicted molar refractivity (Wildman–Crippen MR) is 79.1 cm³/mol. The van der Waals surface area contributed by atoms with E-state index in [0.717, 1.165) is 17.7 Å². The number of anilines is 1. The third kappa shape index (κ3) is 5.19. The number of nitrogens with two attached hydrogens (primary N) is 1. The standard InChI is InChI=1S/C13H19ClN2OS/c1-3-4-9(2)16-13(17)8-18-12-7-10(15)5-6-11(12)14/h5-7,9H,3-4,8,15H2,1-2H3,(H,16,17). The molecule has 0 aliphatic carbocycles. The monoisotopic (exact) mass is 286 g/mol. The van der Waals surface area contributed by atoms with Gasteiger partial charge in [0, 0.05) is 16.6 Å².